The minimum Gasteiger partial charge on any atom is -0.257 e. The summed E-state index contributed by atoms with van der Waals surface area (Å²) in [4.78, 5) is 4.27. The lowest BCUT2D eigenvalue weighted by Gasteiger charge is -1.96. The van der Waals surface area contributed by atoms with Crippen LogP contribution in [0.5, 0.6) is 0 Å². The third-order valence-electron chi connectivity index (χ3n) is 1.47. The van der Waals surface area contributed by atoms with E-state index in [1.165, 1.54) is 5.57 Å². The Morgan fingerprint density at radius 1 is 1.36 bits per heavy atom. The van der Waals surface area contributed by atoms with Gasteiger partial charge in [0.25, 0.3) is 0 Å². The quantitative estimate of drug-likeness (QED) is 0.618. The Morgan fingerprint density at radius 2 is 2.36 bits per heavy atom. The molecule has 2 heterocycles. The van der Waals surface area contributed by atoms with Crippen molar-refractivity contribution in [2.24, 2.45) is 0 Å². The summed E-state index contributed by atoms with van der Waals surface area (Å²) in [5.74, 6) is 1.08. The van der Waals surface area contributed by atoms with Gasteiger partial charge in [0, 0.05) is 11.9 Å². The van der Waals surface area contributed by atoms with E-state index in [4.69, 9.17) is 0 Å². The molecule has 0 amide bonds. The summed E-state index contributed by atoms with van der Waals surface area (Å²) >= 11 is 0. The molecular formula is C8H7NS2. The summed E-state index contributed by atoms with van der Waals surface area (Å²) in [6, 6.07) is 6.02. The molecule has 1 nitrogen and oxygen atoms in total. The molecule has 56 valence electrons. The van der Waals surface area contributed by atoms with Gasteiger partial charge in [-0.25, -0.2) is 0 Å². The average Bonchev–Trinajstić information content (AvgIpc) is 2.58. The van der Waals surface area contributed by atoms with Crippen molar-refractivity contribution in [1.29, 1.82) is 0 Å². The van der Waals surface area contributed by atoms with Crippen LogP contribution in [0.1, 0.15) is 5.69 Å². The zero-order valence-corrected chi connectivity index (χ0v) is 7.49. The smallest absolute Gasteiger partial charge is 0.0675 e. The molecular weight excluding hydrogens is 174 g/mol. The highest BCUT2D eigenvalue weighted by Crippen LogP contribution is 2.37. The molecule has 3 heteroatoms. The first-order valence-corrected chi connectivity index (χ1v) is 5.74. The fraction of sp³-hybridized carbons (Fsp3) is 0.125. The van der Waals surface area contributed by atoms with Gasteiger partial charge >= 0.3 is 0 Å². The molecule has 0 saturated heterocycles. The van der Waals surface area contributed by atoms with Crippen molar-refractivity contribution in [2.75, 3.05) is 5.75 Å². The van der Waals surface area contributed by atoms with Gasteiger partial charge in [-0.1, -0.05) is 27.7 Å². The van der Waals surface area contributed by atoms with Crippen LogP contribution in [0.2, 0.25) is 0 Å². The highest BCUT2D eigenvalue weighted by molar-refractivity contribution is 8.78. The van der Waals surface area contributed by atoms with Crippen LogP contribution < -0.4 is 0 Å². The first kappa shape index (κ1) is 7.25. The third-order valence-corrected chi connectivity index (χ3v) is 3.46. The number of rotatable bonds is 1. The van der Waals surface area contributed by atoms with Crippen molar-refractivity contribution in [3.8, 4) is 0 Å². The van der Waals surface area contributed by atoms with Crippen LogP contribution >= 0.6 is 21.6 Å². The van der Waals surface area contributed by atoms with Gasteiger partial charge in [-0.2, -0.15) is 0 Å². The fourth-order valence-electron chi connectivity index (χ4n) is 0.911. The molecule has 0 radical (unpaired) electrons. The van der Waals surface area contributed by atoms with Gasteiger partial charge in [0.2, 0.25) is 0 Å². The minimum absolute atomic E-state index is 1.08. The fourth-order valence-corrected chi connectivity index (χ4v) is 2.97. The summed E-state index contributed by atoms with van der Waals surface area (Å²) in [6.07, 6.45) is 1.84. The topological polar surface area (TPSA) is 12.9 Å². The molecule has 0 aliphatic carbocycles. The van der Waals surface area contributed by atoms with Gasteiger partial charge in [0.1, 0.15) is 0 Å². The van der Waals surface area contributed by atoms with Crippen molar-refractivity contribution in [3.63, 3.8) is 0 Å². The van der Waals surface area contributed by atoms with Gasteiger partial charge in [-0.05, 0) is 23.1 Å². The Hall–Kier alpha value is -0.410. The molecule has 0 unspecified atom stereocenters. The molecule has 0 saturated carbocycles. The first-order chi connectivity index (χ1) is 5.47. The largest absolute Gasteiger partial charge is 0.257 e. The molecule has 0 bridgehead atoms. The van der Waals surface area contributed by atoms with Crippen LogP contribution in [0.4, 0.5) is 0 Å². The lowest BCUT2D eigenvalue weighted by atomic mass is 10.2. The van der Waals surface area contributed by atoms with Crippen molar-refractivity contribution in [3.05, 3.63) is 35.5 Å². The normalized spacial score (nSPS) is 16.5. The number of hydrogen-bond acceptors (Lipinski definition) is 3. The third kappa shape index (κ3) is 1.60. The van der Waals surface area contributed by atoms with E-state index in [-0.39, 0.29) is 0 Å². The van der Waals surface area contributed by atoms with E-state index in [2.05, 4.69) is 16.5 Å². The molecule has 11 heavy (non-hydrogen) atoms. The molecule has 1 aliphatic rings. The predicted octanol–water partition coefficient (Wildman–Crippen LogP) is 2.82. The Morgan fingerprint density at radius 3 is 3.00 bits per heavy atom. The predicted molar refractivity (Wildman–Crippen MR) is 52.3 cm³/mol. The maximum atomic E-state index is 4.27. The van der Waals surface area contributed by atoms with Crippen molar-refractivity contribution >= 4 is 27.2 Å². The Balaban J connectivity index is 2.29. The van der Waals surface area contributed by atoms with Gasteiger partial charge in [0.05, 0.1) is 5.69 Å². The monoisotopic (exact) mass is 181 g/mol. The van der Waals surface area contributed by atoms with Crippen LogP contribution in [0, 0.1) is 0 Å². The zero-order chi connectivity index (χ0) is 7.52. The van der Waals surface area contributed by atoms with E-state index in [0.29, 0.717) is 0 Å². The van der Waals surface area contributed by atoms with E-state index >= 15 is 0 Å². The Kier molecular flexibility index (Phi) is 2.19. The van der Waals surface area contributed by atoms with Crippen molar-refractivity contribution in [2.45, 2.75) is 0 Å². The maximum Gasteiger partial charge on any atom is 0.0675 e. The molecule has 2 rings (SSSR count). The summed E-state index contributed by atoms with van der Waals surface area (Å²) in [5, 5.41) is 2.17. The SMILES string of the molecule is C1=C(c2ccccn2)CSS1. The standard InChI is InChI=1S/C8H7NS2/c1-2-4-9-8(3-1)7-5-10-11-6-7/h1-5H,6H2. The van der Waals surface area contributed by atoms with Crippen LogP contribution in [0.25, 0.3) is 5.57 Å². The van der Waals surface area contributed by atoms with E-state index < -0.39 is 0 Å². The van der Waals surface area contributed by atoms with E-state index in [0.717, 1.165) is 11.4 Å². The molecule has 0 fully saturated rings. The Labute approximate surface area is 73.7 Å². The van der Waals surface area contributed by atoms with E-state index in [9.17, 15) is 0 Å². The number of hydrogen-bond donors (Lipinski definition) is 0. The Bertz CT molecular complexity index is 269. The maximum absolute atomic E-state index is 4.27. The highest BCUT2D eigenvalue weighted by atomic mass is 33.1. The number of nitrogens with zero attached hydrogens (tertiary/aromatic N) is 1. The molecule has 1 aromatic heterocycles. The van der Waals surface area contributed by atoms with Crippen LogP contribution in [0.15, 0.2) is 29.8 Å². The second-order valence-electron chi connectivity index (χ2n) is 2.22. The number of aromatic nitrogens is 1. The second kappa shape index (κ2) is 3.32. The summed E-state index contributed by atoms with van der Waals surface area (Å²) in [7, 11) is 3.65. The summed E-state index contributed by atoms with van der Waals surface area (Å²) in [5.41, 5.74) is 2.46. The molecule has 0 atom stereocenters. The van der Waals surface area contributed by atoms with Crippen LogP contribution in [-0.4, -0.2) is 10.7 Å². The van der Waals surface area contributed by atoms with Gasteiger partial charge < -0.3 is 0 Å². The van der Waals surface area contributed by atoms with Crippen molar-refractivity contribution in [1.82, 2.24) is 4.98 Å². The molecule has 0 N–H and O–H groups in total. The average molecular weight is 181 g/mol. The molecule has 0 spiro atoms. The lowest BCUT2D eigenvalue weighted by Crippen LogP contribution is -1.86. The van der Waals surface area contributed by atoms with Crippen LogP contribution in [0.3, 0.4) is 0 Å². The van der Waals surface area contributed by atoms with Crippen molar-refractivity contribution < 1.29 is 0 Å². The minimum atomic E-state index is 1.08. The lowest BCUT2D eigenvalue weighted by molar-refractivity contribution is 1.27. The van der Waals surface area contributed by atoms with Crippen LogP contribution in [-0.2, 0) is 0 Å². The highest BCUT2D eigenvalue weighted by Gasteiger charge is 2.07. The van der Waals surface area contributed by atoms with Gasteiger partial charge in [-0.15, -0.1) is 0 Å². The molecule has 1 aromatic rings. The zero-order valence-electron chi connectivity index (χ0n) is 5.86. The first-order valence-electron chi connectivity index (χ1n) is 3.35. The van der Waals surface area contributed by atoms with E-state index in [1.54, 1.807) is 10.8 Å². The summed E-state index contributed by atoms with van der Waals surface area (Å²) < 4.78 is 0. The second-order valence-corrected chi connectivity index (χ2v) is 4.45. The number of pyridine rings is 1. The van der Waals surface area contributed by atoms with E-state index in [1.807, 2.05) is 29.1 Å². The van der Waals surface area contributed by atoms with Gasteiger partial charge in [0.15, 0.2) is 0 Å². The van der Waals surface area contributed by atoms with Gasteiger partial charge in [-0.3, -0.25) is 4.98 Å². The summed E-state index contributed by atoms with van der Waals surface area (Å²) in [6.45, 7) is 0. The molecule has 1 aliphatic heterocycles. The molecule has 0 aromatic carbocycles.